The van der Waals surface area contributed by atoms with E-state index in [1.54, 1.807) is 7.11 Å². The van der Waals surface area contributed by atoms with Crippen molar-refractivity contribution in [1.82, 2.24) is 14.9 Å². The number of hydrogen-bond donors (Lipinski definition) is 1. The van der Waals surface area contributed by atoms with Gasteiger partial charge in [0.25, 0.3) is 0 Å². The van der Waals surface area contributed by atoms with E-state index in [0.29, 0.717) is 11.5 Å². The second kappa shape index (κ2) is 8.86. The predicted molar refractivity (Wildman–Crippen MR) is 129 cm³/mol. The number of aromatic nitrogens is 2. The molecule has 0 saturated heterocycles. The van der Waals surface area contributed by atoms with Crippen molar-refractivity contribution in [2.75, 3.05) is 21.2 Å². The second-order valence-corrected chi connectivity index (χ2v) is 8.63. The number of ether oxygens (including phenoxy) is 1. The monoisotopic (exact) mass is 424 g/mol. The van der Waals surface area contributed by atoms with Crippen LogP contribution in [0.3, 0.4) is 0 Å². The Balaban J connectivity index is 1.97. The van der Waals surface area contributed by atoms with Crippen LogP contribution in [-0.4, -0.2) is 36.1 Å². The van der Waals surface area contributed by atoms with Crippen LogP contribution in [0.25, 0.3) is 33.2 Å². The van der Waals surface area contributed by atoms with Crippen molar-refractivity contribution in [2.45, 2.75) is 19.9 Å². The summed E-state index contributed by atoms with van der Waals surface area (Å²) >= 11 is 0. The largest absolute Gasteiger partial charge is 0.497 e. The van der Waals surface area contributed by atoms with Crippen molar-refractivity contribution in [3.63, 3.8) is 0 Å². The summed E-state index contributed by atoms with van der Waals surface area (Å²) in [5.74, 6) is 1.20. The Morgan fingerprint density at radius 2 is 1.78 bits per heavy atom. The van der Waals surface area contributed by atoms with Crippen LogP contribution in [0.5, 0.6) is 5.75 Å². The molecule has 5 heteroatoms. The minimum absolute atomic E-state index is 0.184. The van der Waals surface area contributed by atoms with Crippen LogP contribution in [0.2, 0.25) is 0 Å². The molecular weight excluding hydrogens is 396 g/mol. The number of H-pyrrole nitrogens is 1. The lowest BCUT2D eigenvalue weighted by molar-refractivity contribution is 0.232. The van der Waals surface area contributed by atoms with Gasteiger partial charge in [0.05, 0.1) is 24.8 Å². The lowest BCUT2D eigenvalue weighted by atomic mass is 9.92. The van der Waals surface area contributed by atoms with E-state index >= 15 is 0 Å². The first-order chi connectivity index (χ1) is 15.4. The van der Waals surface area contributed by atoms with Crippen molar-refractivity contribution >= 4 is 10.9 Å². The number of aromatic amines is 1. The molecular formula is C27H28N4O. The van der Waals surface area contributed by atoms with E-state index in [1.807, 2.05) is 48.8 Å². The van der Waals surface area contributed by atoms with Crippen molar-refractivity contribution in [1.29, 1.82) is 5.26 Å². The molecule has 2 aromatic heterocycles. The molecule has 1 unspecified atom stereocenters. The molecule has 2 heterocycles. The first-order valence-electron chi connectivity index (χ1n) is 10.7. The highest BCUT2D eigenvalue weighted by Gasteiger charge is 2.26. The van der Waals surface area contributed by atoms with Gasteiger partial charge < -0.3 is 14.6 Å². The van der Waals surface area contributed by atoms with Gasteiger partial charge in [-0.1, -0.05) is 26.0 Å². The first kappa shape index (κ1) is 21.6. The van der Waals surface area contributed by atoms with Crippen LogP contribution in [0.15, 0.2) is 60.9 Å². The van der Waals surface area contributed by atoms with Gasteiger partial charge in [0.2, 0.25) is 0 Å². The van der Waals surface area contributed by atoms with Gasteiger partial charge >= 0.3 is 0 Å². The minimum Gasteiger partial charge on any atom is -0.497 e. The fourth-order valence-electron chi connectivity index (χ4n) is 4.54. The van der Waals surface area contributed by atoms with Crippen molar-refractivity contribution < 1.29 is 4.74 Å². The zero-order chi connectivity index (χ0) is 22.8. The molecule has 0 radical (unpaired) electrons. The van der Waals surface area contributed by atoms with Crippen molar-refractivity contribution in [3.8, 4) is 34.1 Å². The van der Waals surface area contributed by atoms with Gasteiger partial charge in [-0.25, -0.2) is 0 Å². The molecule has 0 spiro atoms. The van der Waals surface area contributed by atoms with Crippen LogP contribution in [0, 0.1) is 17.2 Å². The van der Waals surface area contributed by atoms with Gasteiger partial charge in [0.1, 0.15) is 5.75 Å². The average molecular weight is 425 g/mol. The van der Waals surface area contributed by atoms with E-state index in [0.717, 1.165) is 44.6 Å². The van der Waals surface area contributed by atoms with E-state index in [9.17, 15) is 5.26 Å². The summed E-state index contributed by atoms with van der Waals surface area (Å²) < 4.78 is 5.40. The molecule has 0 fully saturated rings. The maximum Gasteiger partial charge on any atom is 0.119 e. The molecule has 0 aliphatic heterocycles. The molecule has 32 heavy (non-hydrogen) atoms. The lowest BCUT2D eigenvalue weighted by Crippen LogP contribution is -2.25. The fraction of sp³-hybridized carbons (Fsp3) is 0.259. The molecule has 4 aromatic rings. The van der Waals surface area contributed by atoms with E-state index in [-0.39, 0.29) is 6.04 Å². The quantitative estimate of drug-likeness (QED) is 0.410. The molecule has 0 aliphatic carbocycles. The van der Waals surface area contributed by atoms with E-state index < -0.39 is 0 Å². The SMILES string of the molecule is COc1cccc(-c2cncc(-c3c(C(C(C)C)N(C)C)[nH]c4ccc(C#N)cc34)c2)c1. The van der Waals surface area contributed by atoms with Crippen molar-refractivity contribution in [2.24, 2.45) is 5.92 Å². The number of nitrogens with one attached hydrogen (secondary N) is 1. The van der Waals surface area contributed by atoms with Gasteiger partial charge in [-0.3, -0.25) is 4.98 Å². The summed E-state index contributed by atoms with van der Waals surface area (Å²) in [6.45, 7) is 4.46. The van der Waals surface area contributed by atoms with E-state index in [1.165, 1.54) is 0 Å². The normalized spacial score (nSPS) is 12.3. The van der Waals surface area contributed by atoms with Crippen LogP contribution >= 0.6 is 0 Å². The standard InChI is InChI=1S/C27H28N4O/c1-17(2)27(31(3)4)26-25(23-11-18(14-28)9-10-24(23)30-26)21-12-20(15-29-16-21)19-7-6-8-22(13-19)32-5/h6-13,15-17,27,30H,1-5H3. The third-order valence-corrected chi connectivity index (χ3v) is 5.87. The number of methoxy groups -OCH3 is 1. The van der Waals surface area contributed by atoms with Crippen LogP contribution in [0.4, 0.5) is 0 Å². The zero-order valence-corrected chi connectivity index (χ0v) is 19.2. The summed E-state index contributed by atoms with van der Waals surface area (Å²) in [5.41, 5.74) is 6.99. The topological polar surface area (TPSA) is 64.9 Å². The summed E-state index contributed by atoms with van der Waals surface area (Å²) in [7, 11) is 5.88. The Labute approximate surface area is 189 Å². The summed E-state index contributed by atoms with van der Waals surface area (Å²) in [4.78, 5) is 10.5. The Bertz CT molecular complexity index is 1290. The fourth-order valence-corrected chi connectivity index (χ4v) is 4.54. The third-order valence-electron chi connectivity index (χ3n) is 5.87. The first-order valence-corrected chi connectivity index (χ1v) is 10.7. The lowest BCUT2D eigenvalue weighted by Gasteiger charge is -2.28. The Kier molecular flexibility index (Phi) is 5.98. The molecule has 4 rings (SSSR count). The highest BCUT2D eigenvalue weighted by Crippen LogP contribution is 2.40. The van der Waals surface area contributed by atoms with E-state index in [4.69, 9.17) is 4.74 Å². The van der Waals surface area contributed by atoms with Crippen LogP contribution in [0.1, 0.15) is 31.1 Å². The zero-order valence-electron chi connectivity index (χ0n) is 19.2. The highest BCUT2D eigenvalue weighted by atomic mass is 16.5. The van der Waals surface area contributed by atoms with Crippen molar-refractivity contribution in [3.05, 3.63) is 72.2 Å². The number of rotatable bonds is 6. The molecule has 2 aromatic carbocycles. The molecule has 0 amide bonds. The predicted octanol–water partition coefficient (Wildman–Crippen LogP) is 6.04. The number of fused-ring (bicyclic) bond motifs is 1. The van der Waals surface area contributed by atoms with Gasteiger partial charge in [-0.2, -0.15) is 5.26 Å². The summed E-state index contributed by atoms with van der Waals surface area (Å²) in [6.07, 6.45) is 3.78. The number of nitriles is 1. The molecule has 162 valence electrons. The smallest absolute Gasteiger partial charge is 0.119 e. The molecule has 1 N–H and O–H groups in total. The Morgan fingerprint density at radius 1 is 1.00 bits per heavy atom. The molecule has 1 atom stereocenters. The second-order valence-electron chi connectivity index (χ2n) is 8.63. The Hall–Kier alpha value is -3.62. The van der Waals surface area contributed by atoms with Crippen LogP contribution in [-0.2, 0) is 0 Å². The molecule has 0 aliphatic rings. The summed E-state index contributed by atoms with van der Waals surface area (Å²) in [6, 6.07) is 18.4. The molecule has 0 saturated carbocycles. The Morgan fingerprint density at radius 3 is 2.47 bits per heavy atom. The van der Waals surface area contributed by atoms with Gasteiger partial charge in [-0.15, -0.1) is 0 Å². The summed E-state index contributed by atoms with van der Waals surface area (Å²) in [5, 5.41) is 10.5. The average Bonchev–Trinajstić information content (AvgIpc) is 3.16. The number of hydrogen-bond acceptors (Lipinski definition) is 4. The maximum atomic E-state index is 9.50. The molecule has 5 nitrogen and oxygen atoms in total. The number of pyridine rings is 1. The van der Waals surface area contributed by atoms with Gasteiger partial charge in [0, 0.05) is 45.7 Å². The van der Waals surface area contributed by atoms with Gasteiger partial charge in [0.15, 0.2) is 0 Å². The number of nitrogens with zero attached hydrogens (tertiary/aromatic N) is 3. The highest BCUT2D eigenvalue weighted by molar-refractivity contribution is 5.99. The van der Waals surface area contributed by atoms with Crippen LogP contribution < -0.4 is 4.74 Å². The minimum atomic E-state index is 0.184. The number of benzene rings is 2. The van der Waals surface area contributed by atoms with Gasteiger partial charge in [-0.05, 0) is 62.0 Å². The third kappa shape index (κ3) is 3.98. The maximum absolute atomic E-state index is 9.50. The van der Waals surface area contributed by atoms with E-state index in [2.05, 4.69) is 61.0 Å². The molecule has 0 bridgehead atoms.